The molecule has 4 nitrogen and oxygen atoms in total. The number of rotatable bonds is 7. The lowest BCUT2D eigenvalue weighted by molar-refractivity contribution is 1.27. The number of anilines is 6. The van der Waals surface area contributed by atoms with Crippen LogP contribution in [0, 0.1) is 13.8 Å². The van der Waals surface area contributed by atoms with Crippen LogP contribution in [-0.2, 0) is 0 Å². The maximum Gasteiger partial charge on any atom is 0.0464 e. The van der Waals surface area contributed by atoms with Crippen LogP contribution in [0.4, 0.5) is 34.1 Å². The molecule has 0 aliphatic heterocycles. The number of nitrogens with zero attached hydrogens (tertiary/aromatic N) is 2. The Bertz CT molecular complexity index is 1570. The Morgan fingerprint density at radius 2 is 0.619 bits per heavy atom. The summed E-state index contributed by atoms with van der Waals surface area (Å²) in [4.78, 5) is 4.61. The van der Waals surface area contributed by atoms with Gasteiger partial charge in [-0.25, -0.2) is 0 Å². The van der Waals surface area contributed by atoms with Crippen LogP contribution in [0.5, 0.6) is 0 Å². The van der Waals surface area contributed by atoms with Crippen molar-refractivity contribution in [3.05, 3.63) is 169 Å². The SMILES string of the molecule is Cc1cccc(N(c2ccccc2)c2ccc(-c3ccc(N(c4ccccc4)c4cccc(C)c4)cc3)cc2)c1.N.N. The van der Waals surface area contributed by atoms with Crippen molar-refractivity contribution in [1.82, 2.24) is 12.3 Å². The quantitative estimate of drug-likeness (QED) is 0.207. The van der Waals surface area contributed by atoms with Crippen molar-refractivity contribution < 1.29 is 0 Å². The lowest BCUT2D eigenvalue weighted by Gasteiger charge is -2.26. The normalized spacial score (nSPS) is 10.2. The van der Waals surface area contributed by atoms with Gasteiger partial charge in [0.2, 0.25) is 0 Å². The van der Waals surface area contributed by atoms with Crippen LogP contribution in [0.3, 0.4) is 0 Å². The summed E-state index contributed by atoms with van der Waals surface area (Å²) in [6, 6.07) is 56.1. The van der Waals surface area contributed by atoms with Gasteiger partial charge in [-0.2, -0.15) is 0 Å². The molecule has 0 heterocycles. The Kier molecular flexibility index (Phi) is 9.56. The highest BCUT2D eigenvalue weighted by Crippen LogP contribution is 2.38. The number of aryl methyl sites for hydroxylation is 2. The van der Waals surface area contributed by atoms with Crippen LogP contribution in [-0.4, -0.2) is 0 Å². The molecule has 4 heteroatoms. The van der Waals surface area contributed by atoms with Crippen LogP contribution in [0.1, 0.15) is 11.1 Å². The minimum absolute atomic E-state index is 0. The Hall–Kier alpha value is -5.16. The van der Waals surface area contributed by atoms with E-state index in [4.69, 9.17) is 0 Å². The molecule has 0 amide bonds. The van der Waals surface area contributed by atoms with Crippen LogP contribution in [0.25, 0.3) is 11.1 Å². The molecular formula is C38H38N4. The van der Waals surface area contributed by atoms with Gasteiger partial charge in [0.05, 0.1) is 0 Å². The molecule has 0 aliphatic rings. The van der Waals surface area contributed by atoms with E-state index in [-0.39, 0.29) is 12.3 Å². The van der Waals surface area contributed by atoms with Gasteiger partial charge in [0.25, 0.3) is 0 Å². The third kappa shape index (κ3) is 6.42. The first kappa shape index (κ1) is 29.8. The van der Waals surface area contributed by atoms with E-state index >= 15 is 0 Å². The fraction of sp³-hybridized carbons (Fsp3) is 0.0526. The molecule has 6 aromatic rings. The van der Waals surface area contributed by atoms with Gasteiger partial charge in [-0.15, -0.1) is 0 Å². The lowest BCUT2D eigenvalue weighted by atomic mass is 10.0. The Labute approximate surface area is 249 Å². The average molecular weight is 551 g/mol. The second-order valence-corrected chi connectivity index (χ2v) is 10.1. The van der Waals surface area contributed by atoms with Crippen molar-refractivity contribution >= 4 is 34.1 Å². The van der Waals surface area contributed by atoms with E-state index in [1.165, 1.54) is 22.3 Å². The van der Waals surface area contributed by atoms with Gasteiger partial charge in [0.1, 0.15) is 0 Å². The van der Waals surface area contributed by atoms with Gasteiger partial charge in [0, 0.05) is 34.1 Å². The van der Waals surface area contributed by atoms with E-state index in [9.17, 15) is 0 Å². The monoisotopic (exact) mass is 550 g/mol. The van der Waals surface area contributed by atoms with Gasteiger partial charge in [0.15, 0.2) is 0 Å². The lowest BCUT2D eigenvalue weighted by Crippen LogP contribution is -2.10. The Morgan fingerprint density at radius 1 is 0.310 bits per heavy atom. The van der Waals surface area contributed by atoms with E-state index in [0.717, 1.165) is 34.1 Å². The number of hydrogen-bond acceptors (Lipinski definition) is 4. The molecule has 0 saturated heterocycles. The van der Waals surface area contributed by atoms with Gasteiger partial charge in [-0.05, 0) is 109 Å². The fourth-order valence-corrected chi connectivity index (χ4v) is 5.19. The van der Waals surface area contributed by atoms with Gasteiger partial charge in [-0.1, -0.05) is 84.9 Å². The maximum absolute atomic E-state index is 2.31. The van der Waals surface area contributed by atoms with Gasteiger partial charge >= 0.3 is 0 Å². The Morgan fingerprint density at radius 3 is 0.952 bits per heavy atom. The molecule has 6 aromatic carbocycles. The van der Waals surface area contributed by atoms with Crippen LogP contribution in [0.2, 0.25) is 0 Å². The van der Waals surface area contributed by atoms with E-state index in [1.54, 1.807) is 0 Å². The number of benzene rings is 6. The van der Waals surface area contributed by atoms with Crippen molar-refractivity contribution in [2.45, 2.75) is 13.8 Å². The molecule has 0 saturated carbocycles. The largest absolute Gasteiger partial charge is 0.344 e. The molecule has 0 fully saturated rings. The summed E-state index contributed by atoms with van der Waals surface area (Å²) in [5, 5.41) is 0. The first-order chi connectivity index (χ1) is 19.7. The minimum Gasteiger partial charge on any atom is -0.344 e. The smallest absolute Gasteiger partial charge is 0.0464 e. The first-order valence-corrected chi connectivity index (χ1v) is 13.7. The minimum atomic E-state index is 0. The second-order valence-electron chi connectivity index (χ2n) is 10.1. The van der Waals surface area contributed by atoms with E-state index in [2.05, 4.69) is 181 Å². The molecule has 210 valence electrons. The number of hydrogen-bond donors (Lipinski definition) is 2. The molecule has 6 N–H and O–H groups in total. The third-order valence-corrected chi connectivity index (χ3v) is 7.13. The summed E-state index contributed by atoms with van der Waals surface area (Å²) in [6.07, 6.45) is 0. The summed E-state index contributed by atoms with van der Waals surface area (Å²) >= 11 is 0. The maximum atomic E-state index is 2.31. The molecule has 0 radical (unpaired) electrons. The standard InChI is InChI=1S/C38H32N2.2H3N/c1-29-11-9-17-37(27-29)39(33-13-5-3-6-14-33)35-23-19-31(20-24-35)32-21-25-36(26-22-32)40(34-15-7-4-8-16-34)38-18-10-12-30(2)28-38;;/h3-28H,1-2H3;2*1H3. The second kappa shape index (κ2) is 13.5. The van der Waals surface area contributed by atoms with Crippen molar-refractivity contribution in [3.8, 4) is 11.1 Å². The van der Waals surface area contributed by atoms with Crippen molar-refractivity contribution in [2.24, 2.45) is 0 Å². The Balaban J connectivity index is 0.00000202. The van der Waals surface area contributed by atoms with Crippen LogP contribution < -0.4 is 22.1 Å². The summed E-state index contributed by atoms with van der Waals surface area (Å²) in [6.45, 7) is 4.27. The van der Waals surface area contributed by atoms with Gasteiger partial charge < -0.3 is 22.1 Å². The average Bonchev–Trinajstić information content (AvgIpc) is 3.00. The molecule has 0 aliphatic carbocycles. The third-order valence-electron chi connectivity index (χ3n) is 7.13. The molecule has 0 unspecified atom stereocenters. The van der Waals surface area contributed by atoms with E-state index in [1.807, 2.05) is 0 Å². The fourth-order valence-electron chi connectivity index (χ4n) is 5.19. The van der Waals surface area contributed by atoms with E-state index < -0.39 is 0 Å². The van der Waals surface area contributed by atoms with E-state index in [0.29, 0.717) is 0 Å². The molecule has 42 heavy (non-hydrogen) atoms. The zero-order valence-corrected chi connectivity index (χ0v) is 24.3. The zero-order chi connectivity index (χ0) is 27.3. The van der Waals surface area contributed by atoms with Crippen LogP contribution >= 0.6 is 0 Å². The molecular weight excluding hydrogens is 512 g/mol. The van der Waals surface area contributed by atoms with Crippen LogP contribution in [0.15, 0.2) is 158 Å². The highest BCUT2D eigenvalue weighted by atomic mass is 15.1. The topological polar surface area (TPSA) is 76.5 Å². The molecule has 6 rings (SSSR count). The summed E-state index contributed by atoms with van der Waals surface area (Å²) in [5.41, 5.74) is 11.7. The van der Waals surface area contributed by atoms with Crippen molar-refractivity contribution in [3.63, 3.8) is 0 Å². The molecule has 0 spiro atoms. The summed E-state index contributed by atoms with van der Waals surface area (Å²) in [7, 11) is 0. The summed E-state index contributed by atoms with van der Waals surface area (Å²) < 4.78 is 0. The van der Waals surface area contributed by atoms with Crippen molar-refractivity contribution in [1.29, 1.82) is 0 Å². The predicted octanol–water partition coefficient (Wildman–Crippen LogP) is 11.2. The molecule has 0 bridgehead atoms. The molecule has 0 aromatic heterocycles. The predicted molar refractivity (Wildman–Crippen MR) is 181 cm³/mol. The number of para-hydroxylation sites is 2. The van der Waals surface area contributed by atoms with Gasteiger partial charge in [-0.3, -0.25) is 0 Å². The summed E-state index contributed by atoms with van der Waals surface area (Å²) in [5.74, 6) is 0. The first-order valence-electron chi connectivity index (χ1n) is 13.7. The highest BCUT2D eigenvalue weighted by Gasteiger charge is 2.14. The zero-order valence-electron chi connectivity index (χ0n) is 24.3. The highest BCUT2D eigenvalue weighted by molar-refractivity contribution is 5.80. The molecule has 0 atom stereocenters. The van der Waals surface area contributed by atoms with Crippen molar-refractivity contribution in [2.75, 3.05) is 9.80 Å².